The van der Waals surface area contributed by atoms with Gasteiger partial charge in [0.2, 0.25) is 0 Å². The van der Waals surface area contributed by atoms with Crippen molar-refractivity contribution in [3.63, 3.8) is 0 Å². The van der Waals surface area contributed by atoms with Crippen molar-refractivity contribution in [2.75, 3.05) is 84.4 Å². The van der Waals surface area contributed by atoms with Gasteiger partial charge in [0.25, 0.3) is 11.8 Å². The number of anilines is 2. The summed E-state index contributed by atoms with van der Waals surface area (Å²) in [4.78, 5) is 57.0. The van der Waals surface area contributed by atoms with Gasteiger partial charge in [0.05, 0.1) is 14.2 Å². The topological polar surface area (TPSA) is 160 Å². The Labute approximate surface area is 406 Å². The number of aromatic nitrogens is 4. The molecule has 0 spiro atoms. The predicted octanol–water partition coefficient (Wildman–Crippen LogP) is 7.24. The van der Waals surface area contributed by atoms with Gasteiger partial charge in [0.15, 0.2) is 0 Å². The van der Waals surface area contributed by atoms with Crippen molar-refractivity contribution in [2.45, 2.75) is 58.5 Å². The lowest BCUT2D eigenvalue weighted by Crippen LogP contribution is -2.34. The Morgan fingerprint density at radius 1 is 0.662 bits per heavy atom. The van der Waals surface area contributed by atoms with Crippen LogP contribution < -0.4 is 39.4 Å². The third-order valence-electron chi connectivity index (χ3n) is 12.1. The highest BCUT2D eigenvalue weighted by molar-refractivity contribution is 7.12. The molecule has 2 amide bonds. The normalized spacial score (nSPS) is 14.8. The highest BCUT2D eigenvalue weighted by atomic mass is 32.1. The van der Waals surface area contributed by atoms with Crippen LogP contribution in [0.4, 0.5) is 11.6 Å². The third kappa shape index (κ3) is 11.3. The Morgan fingerprint density at radius 3 is 1.88 bits per heavy atom. The minimum absolute atomic E-state index is 0.0485. The number of benzene rings is 2. The number of methoxy groups -OCH3 is 2. The Hall–Kier alpha value is -6.34. The highest BCUT2D eigenvalue weighted by Crippen LogP contribution is 2.35. The van der Waals surface area contributed by atoms with Gasteiger partial charge in [-0.05, 0) is 105 Å². The molecule has 16 nitrogen and oxygen atoms in total. The Morgan fingerprint density at radius 2 is 1.25 bits per heavy atom. The van der Waals surface area contributed by atoms with E-state index in [1.807, 2.05) is 79.2 Å². The second-order valence-electron chi connectivity index (χ2n) is 17.0. The number of nitrogens with one attached hydrogen (secondary N) is 2. The van der Waals surface area contributed by atoms with Crippen molar-refractivity contribution < 1.29 is 28.5 Å². The number of thiophene rings is 2. The molecule has 8 rings (SSSR count). The van der Waals surface area contributed by atoms with Crippen LogP contribution in [0.1, 0.15) is 82.7 Å². The number of carbonyl (C=O) groups excluding carboxylic acids is 2. The zero-order valence-electron chi connectivity index (χ0n) is 39.8. The molecule has 0 saturated heterocycles. The van der Waals surface area contributed by atoms with E-state index in [1.54, 1.807) is 35.1 Å². The smallest absolute Gasteiger partial charge is 0.318 e. The standard InChI is InChI=1S/C50H60N10O6S2/c1-32-24-35(29-59-21-20-57(5)45-38(47(59)61)26-53-49(55-45)63-6)11-14-40(32)66-42(17-19-52-4)44-25-36(31-67-44)30-58-22-23-60(48(62)39-27-54-50(64-7)56-46(39)58)28-34-9-12-37(13-10-34)65-41(16-18-51-3)43-15-8-33(2)68-43/h8-15,24-27,31,41-42,51-52H,16-23,28-30H2,1-7H3. The number of nitrogens with zero attached hydrogens (tertiary/aromatic N) is 8. The van der Waals surface area contributed by atoms with E-state index in [0.29, 0.717) is 68.6 Å². The van der Waals surface area contributed by atoms with Gasteiger partial charge < -0.3 is 49.2 Å². The van der Waals surface area contributed by atoms with Gasteiger partial charge >= 0.3 is 12.0 Å². The second kappa shape index (κ2) is 22.2. The summed E-state index contributed by atoms with van der Waals surface area (Å²) in [6.45, 7) is 9.34. The summed E-state index contributed by atoms with van der Waals surface area (Å²) in [5.41, 5.74) is 4.94. The lowest BCUT2D eigenvalue weighted by molar-refractivity contribution is 0.0746. The monoisotopic (exact) mass is 960 g/mol. The molecule has 2 aliphatic rings. The predicted molar refractivity (Wildman–Crippen MR) is 266 cm³/mol. The molecule has 2 N–H and O–H groups in total. The maximum Gasteiger partial charge on any atom is 0.318 e. The van der Waals surface area contributed by atoms with E-state index in [0.717, 1.165) is 64.6 Å². The fourth-order valence-corrected chi connectivity index (χ4v) is 10.3. The molecule has 2 aromatic carbocycles. The van der Waals surface area contributed by atoms with E-state index in [4.69, 9.17) is 23.9 Å². The fourth-order valence-electron chi connectivity index (χ4n) is 8.40. The summed E-state index contributed by atoms with van der Waals surface area (Å²) in [5.74, 6) is 2.43. The number of ether oxygens (including phenoxy) is 4. The van der Waals surface area contributed by atoms with Crippen LogP contribution in [0, 0.1) is 13.8 Å². The first-order valence-electron chi connectivity index (χ1n) is 22.8. The first kappa shape index (κ1) is 48.1. The van der Waals surface area contributed by atoms with E-state index < -0.39 is 0 Å². The van der Waals surface area contributed by atoms with Gasteiger partial charge in [0, 0.05) is 92.7 Å². The number of hydrogen-bond acceptors (Lipinski definition) is 16. The summed E-state index contributed by atoms with van der Waals surface area (Å²) in [6, 6.07) is 21.1. The fraction of sp³-hybridized carbons (Fsp3) is 0.400. The second-order valence-corrected chi connectivity index (χ2v) is 19.3. The van der Waals surface area contributed by atoms with Crippen LogP contribution in [0.2, 0.25) is 0 Å². The molecule has 6 aromatic rings. The molecule has 18 heteroatoms. The van der Waals surface area contributed by atoms with E-state index in [9.17, 15) is 9.59 Å². The highest BCUT2D eigenvalue weighted by Gasteiger charge is 2.31. The average Bonchev–Trinajstić information content (AvgIpc) is 3.97. The first-order valence-corrected chi connectivity index (χ1v) is 24.5. The minimum Gasteiger partial charge on any atom is -0.485 e. The molecule has 2 unspecified atom stereocenters. The Balaban J connectivity index is 0.941. The van der Waals surface area contributed by atoms with E-state index in [2.05, 4.69) is 67.1 Å². The summed E-state index contributed by atoms with van der Waals surface area (Å²) < 4.78 is 24.0. The number of fused-ring (bicyclic) bond motifs is 2. The molecular weight excluding hydrogens is 901 g/mol. The molecule has 0 aliphatic carbocycles. The third-order valence-corrected chi connectivity index (χ3v) is 14.3. The van der Waals surface area contributed by atoms with E-state index in [1.165, 1.54) is 24.0 Å². The van der Waals surface area contributed by atoms with E-state index in [-0.39, 0.29) is 36.0 Å². The number of carbonyl (C=O) groups is 2. The summed E-state index contributed by atoms with van der Waals surface area (Å²) in [7, 11) is 8.86. The Bertz CT molecular complexity index is 2680. The van der Waals surface area contributed by atoms with Crippen LogP contribution in [-0.4, -0.2) is 116 Å². The number of aryl methyl sites for hydroxylation is 2. The maximum absolute atomic E-state index is 14.2. The summed E-state index contributed by atoms with van der Waals surface area (Å²) in [6.07, 6.45) is 4.46. The van der Waals surface area contributed by atoms with Crippen LogP contribution in [0.3, 0.4) is 0 Å². The molecule has 0 saturated carbocycles. The van der Waals surface area contributed by atoms with Gasteiger partial charge in [-0.3, -0.25) is 9.59 Å². The number of hydrogen-bond donors (Lipinski definition) is 2. The van der Waals surface area contributed by atoms with Gasteiger partial charge in [-0.25, -0.2) is 9.97 Å². The molecule has 6 heterocycles. The van der Waals surface area contributed by atoms with Gasteiger partial charge in [-0.15, -0.1) is 22.7 Å². The van der Waals surface area contributed by atoms with Crippen LogP contribution in [-0.2, 0) is 19.6 Å². The lowest BCUT2D eigenvalue weighted by Gasteiger charge is -2.24. The molecule has 358 valence electrons. The van der Waals surface area contributed by atoms with Crippen molar-refractivity contribution >= 4 is 46.1 Å². The number of amides is 2. The zero-order chi connectivity index (χ0) is 47.7. The van der Waals surface area contributed by atoms with Crippen LogP contribution in [0.5, 0.6) is 23.5 Å². The molecule has 2 atom stereocenters. The Kier molecular flexibility index (Phi) is 15.7. The van der Waals surface area contributed by atoms with Crippen LogP contribution in [0.15, 0.2) is 78.4 Å². The first-order chi connectivity index (χ1) is 33.0. The molecular formula is C50H60N10O6S2. The zero-order valence-corrected chi connectivity index (χ0v) is 41.4. The molecule has 0 bridgehead atoms. The van der Waals surface area contributed by atoms with Gasteiger partial charge in [-0.2, -0.15) is 9.97 Å². The van der Waals surface area contributed by atoms with Crippen molar-refractivity contribution in [3.05, 3.63) is 126 Å². The average molecular weight is 961 g/mol. The van der Waals surface area contributed by atoms with E-state index >= 15 is 0 Å². The number of rotatable bonds is 20. The molecule has 0 fully saturated rings. The van der Waals surface area contributed by atoms with Crippen LogP contribution >= 0.6 is 22.7 Å². The SMILES string of the molecule is CNCCC(Oc1ccc(CN2CCN(C)c3nc(OC)ncc3C2=O)cc1C)c1cc(CN2CCN(Cc3ccc(OC(CCNC)c4ccc(C)s4)cc3)C(=O)c3cnc(OC)nc32)cs1. The summed E-state index contributed by atoms with van der Waals surface area (Å²) in [5, 5.41) is 8.69. The van der Waals surface area contributed by atoms with Crippen molar-refractivity contribution in [3.8, 4) is 23.5 Å². The van der Waals surface area contributed by atoms with Crippen molar-refractivity contribution in [2.24, 2.45) is 0 Å². The minimum atomic E-state index is -0.214. The summed E-state index contributed by atoms with van der Waals surface area (Å²) >= 11 is 3.42. The van der Waals surface area contributed by atoms with Crippen molar-refractivity contribution in [1.82, 2.24) is 40.4 Å². The molecule has 68 heavy (non-hydrogen) atoms. The lowest BCUT2D eigenvalue weighted by atomic mass is 10.1. The quantitative estimate of drug-likeness (QED) is 0.0789. The van der Waals surface area contributed by atoms with Crippen LogP contribution in [0.25, 0.3) is 0 Å². The van der Waals surface area contributed by atoms with Crippen molar-refractivity contribution in [1.29, 1.82) is 0 Å². The van der Waals surface area contributed by atoms with Gasteiger partial charge in [0.1, 0.15) is 46.5 Å². The largest absolute Gasteiger partial charge is 0.485 e. The molecule has 4 aromatic heterocycles. The molecule has 2 aliphatic heterocycles. The van der Waals surface area contributed by atoms with Gasteiger partial charge in [-0.1, -0.05) is 24.3 Å². The molecule has 0 radical (unpaired) electrons. The maximum atomic E-state index is 14.2. The number of likely N-dealkylation sites (N-methyl/N-ethyl adjacent to an activating group) is 1.